The number of benzene rings is 2. The third-order valence-corrected chi connectivity index (χ3v) is 4.60. The van der Waals surface area contributed by atoms with Gasteiger partial charge in [0.25, 0.3) is 0 Å². The second kappa shape index (κ2) is 9.53. The molecule has 1 aliphatic rings. The van der Waals surface area contributed by atoms with E-state index in [4.69, 9.17) is 4.74 Å². The summed E-state index contributed by atoms with van der Waals surface area (Å²) in [7, 11) is 0. The summed E-state index contributed by atoms with van der Waals surface area (Å²) in [6, 6.07) is 17.7. The van der Waals surface area contributed by atoms with Crippen molar-refractivity contribution in [3.63, 3.8) is 0 Å². The Labute approximate surface area is 161 Å². The Kier molecular flexibility index (Phi) is 6.85. The van der Waals surface area contributed by atoms with E-state index in [1.165, 1.54) is 0 Å². The average Bonchev–Trinajstić information content (AvgIpc) is 2.67. The molecule has 2 amide bonds. The molecule has 5 nitrogen and oxygen atoms in total. The molecule has 0 radical (unpaired) electrons. The van der Waals surface area contributed by atoms with E-state index in [9.17, 15) is 4.79 Å². The predicted octanol–water partition coefficient (Wildman–Crippen LogP) is 3.83. The molecule has 0 aliphatic carbocycles. The topological polar surface area (TPSA) is 53.6 Å². The van der Waals surface area contributed by atoms with E-state index >= 15 is 0 Å². The number of nitrogens with zero attached hydrogens (tertiary/aromatic N) is 1. The van der Waals surface area contributed by atoms with Gasteiger partial charge in [-0.05, 0) is 17.5 Å². The van der Waals surface area contributed by atoms with E-state index in [0.29, 0.717) is 12.5 Å². The lowest BCUT2D eigenvalue weighted by molar-refractivity contribution is -0.0288. The molecular weight excluding hydrogens is 338 g/mol. The Morgan fingerprint density at radius 1 is 1.15 bits per heavy atom. The molecule has 3 rings (SSSR count). The second-order valence-electron chi connectivity index (χ2n) is 7.39. The maximum absolute atomic E-state index is 12.4. The van der Waals surface area contributed by atoms with Crippen molar-refractivity contribution in [3.8, 4) is 11.1 Å². The van der Waals surface area contributed by atoms with Gasteiger partial charge in [-0.15, -0.1) is 0 Å². The highest BCUT2D eigenvalue weighted by molar-refractivity contribution is 5.94. The van der Waals surface area contributed by atoms with Crippen LogP contribution in [0.3, 0.4) is 0 Å². The smallest absolute Gasteiger partial charge is 0.319 e. The molecule has 2 aromatic carbocycles. The highest BCUT2D eigenvalue weighted by Crippen LogP contribution is 2.27. The van der Waals surface area contributed by atoms with Gasteiger partial charge in [0.15, 0.2) is 0 Å². The molecule has 5 heteroatoms. The Morgan fingerprint density at radius 2 is 1.89 bits per heavy atom. The van der Waals surface area contributed by atoms with E-state index in [1.807, 2.05) is 54.6 Å². The minimum Gasteiger partial charge on any atom is -0.374 e. The fourth-order valence-electron chi connectivity index (χ4n) is 3.42. The van der Waals surface area contributed by atoms with Crippen molar-refractivity contribution < 1.29 is 9.53 Å². The van der Waals surface area contributed by atoms with Crippen LogP contribution in [-0.4, -0.2) is 49.8 Å². The normalized spacial score (nSPS) is 17.7. The van der Waals surface area contributed by atoms with Gasteiger partial charge in [0.1, 0.15) is 0 Å². The van der Waals surface area contributed by atoms with Crippen molar-refractivity contribution in [2.24, 2.45) is 5.92 Å². The first kappa shape index (κ1) is 19.4. The summed E-state index contributed by atoms with van der Waals surface area (Å²) in [6.45, 7) is 8.56. The monoisotopic (exact) mass is 367 g/mol. The molecule has 27 heavy (non-hydrogen) atoms. The Bertz CT molecular complexity index is 733. The first-order valence-corrected chi connectivity index (χ1v) is 9.65. The number of rotatable bonds is 6. The standard InChI is InChI=1S/C22H29N3O2/c1-17(2)15-25-12-13-27-19(16-25)14-23-22(26)24-21-11-7-6-10-20(21)18-8-4-3-5-9-18/h3-11,17,19H,12-16H2,1-2H3,(H2,23,24,26). The molecule has 0 saturated carbocycles. The number of anilines is 1. The molecule has 2 aromatic rings. The Morgan fingerprint density at radius 3 is 2.67 bits per heavy atom. The summed E-state index contributed by atoms with van der Waals surface area (Å²) in [5, 5.41) is 5.92. The van der Waals surface area contributed by atoms with Crippen LogP contribution in [0.25, 0.3) is 11.1 Å². The van der Waals surface area contributed by atoms with Crippen LogP contribution in [0, 0.1) is 5.92 Å². The lowest BCUT2D eigenvalue weighted by atomic mass is 10.0. The van der Waals surface area contributed by atoms with Crippen LogP contribution in [0.15, 0.2) is 54.6 Å². The minimum atomic E-state index is -0.206. The van der Waals surface area contributed by atoms with Crippen LogP contribution < -0.4 is 10.6 Å². The van der Waals surface area contributed by atoms with Gasteiger partial charge in [0.2, 0.25) is 0 Å². The number of urea groups is 1. The van der Waals surface area contributed by atoms with Crippen molar-refractivity contribution >= 4 is 11.7 Å². The molecule has 1 saturated heterocycles. The maximum Gasteiger partial charge on any atom is 0.319 e. The summed E-state index contributed by atoms with van der Waals surface area (Å²) in [5.74, 6) is 0.634. The number of carbonyl (C=O) groups is 1. The summed E-state index contributed by atoms with van der Waals surface area (Å²) in [4.78, 5) is 14.8. The average molecular weight is 367 g/mol. The van der Waals surface area contributed by atoms with E-state index in [0.717, 1.165) is 43.1 Å². The van der Waals surface area contributed by atoms with E-state index in [-0.39, 0.29) is 12.1 Å². The van der Waals surface area contributed by atoms with Crippen molar-refractivity contribution in [3.05, 3.63) is 54.6 Å². The molecule has 1 unspecified atom stereocenters. The number of amides is 2. The molecule has 0 aromatic heterocycles. The van der Waals surface area contributed by atoms with Gasteiger partial charge in [-0.3, -0.25) is 4.90 Å². The Hall–Kier alpha value is -2.37. The third-order valence-electron chi connectivity index (χ3n) is 4.60. The van der Waals surface area contributed by atoms with Gasteiger partial charge in [0.05, 0.1) is 18.4 Å². The molecular formula is C22H29N3O2. The van der Waals surface area contributed by atoms with E-state index < -0.39 is 0 Å². The molecule has 144 valence electrons. The van der Waals surface area contributed by atoms with Crippen molar-refractivity contribution in [2.75, 3.05) is 38.1 Å². The van der Waals surface area contributed by atoms with Crippen molar-refractivity contribution in [1.29, 1.82) is 0 Å². The van der Waals surface area contributed by atoms with Crippen LogP contribution in [0.4, 0.5) is 10.5 Å². The molecule has 2 N–H and O–H groups in total. The van der Waals surface area contributed by atoms with Gasteiger partial charge in [-0.1, -0.05) is 62.4 Å². The minimum absolute atomic E-state index is 0.0348. The van der Waals surface area contributed by atoms with Crippen LogP contribution in [-0.2, 0) is 4.74 Å². The number of para-hydroxylation sites is 1. The highest BCUT2D eigenvalue weighted by atomic mass is 16.5. The number of hydrogen-bond acceptors (Lipinski definition) is 3. The summed E-state index contributed by atoms with van der Waals surface area (Å²) in [6.07, 6.45) is 0.0348. The largest absolute Gasteiger partial charge is 0.374 e. The number of ether oxygens (including phenoxy) is 1. The molecule has 1 fully saturated rings. The zero-order valence-corrected chi connectivity index (χ0v) is 16.2. The zero-order chi connectivity index (χ0) is 19.1. The number of carbonyl (C=O) groups excluding carboxylic acids is 1. The van der Waals surface area contributed by atoms with Gasteiger partial charge in [-0.2, -0.15) is 0 Å². The molecule has 0 bridgehead atoms. The maximum atomic E-state index is 12.4. The summed E-state index contributed by atoms with van der Waals surface area (Å²) < 4.78 is 5.80. The predicted molar refractivity (Wildman–Crippen MR) is 110 cm³/mol. The number of hydrogen-bond donors (Lipinski definition) is 2. The second-order valence-corrected chi connectivity index (χ2v) is 7.39. The SMILES string of the molecule is CC(C)CN1CCOC(CNC(=O)Nc2ccccc2-c2ccccc2)C1. The van der Waals surface area contributed by atoms with Crippen molar-refractivity contribution in [1.82, 2.24) is 10.2 Å². The lowest BCUT2D eigenvalue weighted by Crippen LogP contribution is -2.48. The quantitative estimate of drug-likeness (QED) is 0.816. The first-order chi connectivity index (χ1) is 13.1. The molecule has 1 aliphatic heterocycles. The van der Waals surface area contributed by atoms with E-state index in [1.54, 1.807) is 0 Å². The Balaban J connectivity index is 1.54. The number of morpholine rings is 1. The fraction of sp³-hybridized carbons (Fsp3) is 0.409. The molecule has 1 atom stereocenters. The van der Waals surface area contributed by atoms with E-state index in [2.05, 4.69) is 29.4 Å². The highest BCUT2D eigenvalue weighted by Gasteiger charge is 2.21. The van der Waals surface area contributed by atoms with Gasteiger partial charge in [-0.25, -0.2) is 4.79 Å². The number of nitrogens with one attached hydrogen (secondary N) is 2. The van der Waals surface area contributed by atoms with Crippen molar-refractivity contribution in [2.45, 2.75) is 20.0 Å². The first-order valence-electron chi connectivity index (χ1n) is 9.65. The van der Waals surface area contributed by atoms with Crippen LogP contribution in [0.5, 0.6) is 0 Å². The van der Waals surface area contributed by atoms with Crippen LogP contribution in [0.2, 0.25) is 0 Å². The molecule has 0 spiro atoms. The lowest BCUT2D eigenvalue weighted by Gasteiger charge is -2.33. The zero-order valence-electron chi connectivity index (χ0n) is 16.2. The van der Waals surface area contributed by atoms with Gasteiger partial charge in [0, 0.05) is 31.7 Å². The van der Waals surface area contributed by atoms with Crippen LogP contribution in [0.1, 0.15) is 13.8 Å². The summed E-state index contributed by atoms with van der Waals surface area (Å²) >= 11 is 0. The van der Waals surface area contributed by atoms with Gasteiger partial charge >= 0.3 is 6.03 Å². The summed E-state index contributed by atoms with van der Waals surface area (Å²) in [5.41, 5.74) is 2.88. The third kappa shape index (κ3) is 5.81. The fourth-order valence-corrected chi connectivity index (χ4v) is 3.42. The van der Waals surface area contributed by atoms with Gasteiger partial charge < -0.3 is 15.4 Å². The molecule has 1 heterocycles. The van der Waals surface area contributed by atoms with Crippen LogP contribution >= 0.6 is 0 Å².